The van der Waals surface area contributed by atoms with Gasteiger partial charge in [0.1, 0.15) is 12.2 Å². The van der Waals surface area contributed by atoms with E-state index in [2.05, 4.69) is 5.32 Å². The Morgan fingerprint density at radius 2 is 1.82 bits per heavy atom. The van der Waals surface area contributed by atoms with Crippen LogP contribution in [0.5, 0.6) is 23.0 Å². The maximum absolute atomic E-state index is 13.3. The predicted octanol–water partition coefficient (Wildman–Crippen LogP) is 4.23. The molecular weight excluding hydrogens is 534 g/mol. The quantitative estimate of drug-likeness (QED) is 0.197. The molecule has 2 aliphatic rings. The van der Waals surface area contributed by atoms with Crippen molar-refractivity contribution in [1.29, 1.82) is 0 Å². The monoisotopic (exact) mass is 551 g/mol. The minimum absolute atomic E-state index is 0.0126. The summed E-state index contributed by atoms with van der Waals surface area (Å²) in [6, 6.07) is 12.4. The van der Waals surface area contributed by atoms with Crippen LogP contribution in [0.4, 0.5) is 16.2 Å². The Kier molecular flexibility index (Phi) is 6.77. The number of nitro groups is 1. The van der Waals surface area contributed by atoms with E-state index in [0.29, 0.717) is 22.6 Å². The number of halogens is 1. The molecule has 2 heterocycles. The molecule has 0 bridgehead atoms. The van der Waals surface area contributed by atoms with Gasteiger partial charge in [0.25, 0.3) is 17.5 Å². The summed E-state index contributed by atoms with van der Waals surface area (Å²) in [5.74, 6) is -0.504. The zero-order valence-electron chi connectivity index (χ0n) is 20.1. The van der Waals surface area contributed by atoms with Gasteiger partial charge < -0.3 is 18.9 Å². The van der Waals surface area contributed by atoms with Gasteiger partial charge in [-0.05, 0) is 53.6 Å². The number of imide groups is 2. The van der Waals surface area contributed by atoms with Gasteiger partial charge in [-0.3, -0.25) is 25.0 Å². The van der Waals surface area contributed by atoms with Crippen molar-refractivity contribution in [2.75, 3.05) is 18.8 Å². The van der Waals surface area contributed by atoms with Crippen molar-refractivity contribution in [2.24, 2.45) is 0 Å². The SMILES string of the molecule is COc1cc(/C=C2\C(=O)NC(=O)N(c3ccc4c(c3)OCO4)C2=O)cc(Cl)c1OCc1ccc([N+](=O)[O-])cc1. The number of nitrogens with one attached hydrogen (secondary N) is 1. The first kappa shape index (κ1) is 25.5. The normalized spacial score (nSPS) is 15.4. The second-order valence-corrected chi connectivity index (χ2v) is 8.65. The fourth-order valence-corrected chi connectivity index (χ4v) is 4.19. The highest BCUT2D eigenvalue weighted by Crippen LogP contribution is 2.39. The third-order valence-electron chi connectivity index (χ3n) is 5.81. The molecule has 12 nitrogen and oxygen atoms in total. The zero-order chi connectivity index (χ0) is 27.7. The van der Waals surface area contributed by atoms with Gasteiger partial charge in [0, 0.05) is 18.2 Å². The molecule has 0 aliphatic carbocycles. The lowest BCUT2D eigenvalue weighted by molar-refractivity contribution is -0.384. The largest absolute Gasteiger partial charge is 0.493 e. The highest BCUT2D eigenvalue weighted by atomic mass is 35.5. The van der Waals surface area contributed by atoms with E-state index in [1.807, 2.05) is 0 Å². The molecule has 5 rings (SSSR count). The fourth-order valence-electron chi connectivity index (χ4n) is 3.92. The Balaban J connectivity index is 1.40. The minimum Gasteiger partial charge on any atom is -0.493 e. The fraction of sp³-hybridized carbons (Fsp3) is 0.115. The summed E-state index contributed by atoms with van der Waals surface area (Å²) in [6.07, 6.45) is 1.28. The molecule has 4 amide bonds. The van der Waals surface area contributed by atoms with Crippen LogP contribution in [-0.4, -0.2) is 36.7 Å². The molecule has 0 radical (unpaired) electrons. The van der Waals surface area contributed by atoms with Crippen molar-refractivity contribution in [3.05, 3.63) is 86.4 Å². The van der Waals surface area contributed by atoms with E-state index >= 15 is 0 Å². The molecule has 0 unspecified atom stereocenters. The molecule has 1 N–H and O–H groups in total. The summed E-state index contributed by atoms with van der Waals surface area (Å²) >= 11 is 6.44. The molecule has 198 valence electrons. The van der Waals surface area contributed by atoms with Gasteiger partial charge in [-0.1, -0.05) is 11.6 Å². The number of ether oxygens (including phenoxy) is 4. The van der Waals surface area contributed by atoms with Gasteiger partial charge in [0.15, 0.2) is 23.0 Å². The highest BCUT2D eigenvalue weighted by Gasteiger charge is 2.37. The number of non-ortho nitro benzene ring substituents is 1. The number of benzene rings is 3. The van der Waals surface area contributed by atoms with E-state index in [0.717, 1.165) is 4.90 Å². The third kappa shape index (κ3) is 5.05. The van der Waals surface area contributed by atoms with E-state index in [1.165, 1.54) is 49.6 Å². The number of amides is 4. The molecule has 13 heteroatoms. The van der Waals surface area contributed by atoms with Gasteiger partial charge in [-0.25, -0.2) is 9.69 Å². The number of nitrogens with zero attached hydrogens (tertiary/aromatic N) is 2. The smallest absolute Gasteiger partial charge is 0.335 e. The number of urea groups is 1. The van der Waals surface area contributed by atoms with E-state index < -0.39 is 22.8 Å². The predicted molar refractivity (Wildman–Crippen MR) is 137 cm³/mol. The van der Waals surface area contributed by atoms with Crippen LogP contribution in [0.25, 0.3) is 6.08 Å². The lowest BCUT2D eigenvalue weighted by Crippen LogP contribution is -2.54. The Morgan fingerprint density at radius 1 is 1.08 bits per heavy atom. The minimum atomic E-state index is -0.911. The first-order chi connectivity index (χ1) is 18.7. The first-order valence-corrected chi connectivity index (χ1v) is 11.7. The summed E-state index contributed by atoms with van der Waals surface area (Å²) in [5, 5.41) is 13.1. The van der Waals surface area contributed by atoms with Crippen LogP contribution < -0.4 is 29.2 Å². The number of hydrogen-bond acceptors (Lipinski definition) is 9. The molecule has 0 spiro atoms. The van der Waals surface area contributed by atoms with E-state index in [1.54, 1.807) is 18.2 Å². The van der Waals surface area contributed by atoms with Crippen molar-refractivity contribution in [1.82, 2.24) is 5.32 Å². The van der Waals surface area contributed by atoms with E-state index in [4.69, 9.17) is 30.5 Å². The molecule has 3 aromatic carbocycles. The van der Waals surface area contributed by atoms with E-state index in [9.17, 15) is 24.5 Å². The van der Waals surface area contributed by atoms with Gasteiger partial charge in [0.05, 0.1) is 22.7 Å². The van der Waals surface area contributed by atoms with Crippen LogP contribution in [0.3, 0.4) is 0 Å². The average Bonchev–Trinajstić information content (AvgIpc) is 3.38. The van der Waals surface area contributed by atoms with Crippen LogP contribution in [0.2, 0.25) is 5.02 Å². The van der Waals surface area contributed by atoms with E-state index in [-0.39, 0.29) is 46.9 Å². The number of carbonyl (C=O) groups is 3. The zero-order valence-corrected chi connectivity index (χ0v) is 20.9. The Morgan fingerprint density at radius 3 is 2.54 bits per heavy atom. The van der Waals surface area contributed by atoms with Gasteiger partial charge in [0.2, 0.25) is 6.79 Å². The number of methoxy groups -OCH3 is 1. The Hall–Kier alpha value is -5.10. The molecule has 2 aliphatic heterocycles. The molecule has 0 aromatic heterocycles. The van der Waals surface area contributed by atoms with Crippen LogP contribution in [0.1, 0.15) is 11.1 Å². The Labute approximate surface area is 225 Å². The lowest BCUT2D eigenvalue weighted by Gasteiger charge is -2.26. The van der Waals surface area contributed by atoms with Crippen molar-refractivity contribution < 1.29 is 38.3 Å². The number of hydrogen-bond donors (Lipinski definition) is 1. The average molecular weight is 552 g/mol. The summed E-state index contributed by atoms with van der Waals surface area (Å²) in [4.78, 5) is 49.5. The van der Waals surface area contributed by atoms with Gasteiger partial charge in [-0.2, -0.15) is 0 Å². The number of carbonyl (C=O) groups excluding carboxylic acids is 3. The van der Waals surface area contributed by atoms with Crippen LogP contribution in [-0.2, 0) is 16.2 Å². The molecule has 1 saturated heterocycles. The van der Waals surface area contributed by atoms with Gasteiger partial charge in [-0.15, -0.1) is 0 Å². The van der Waals surface area contributed by atoms with Crippen molar-refractivity contribution in [3.8, 4) is 23.0 Å². The highest BCUT2D eigenvalue weighted by molar-refractivity contribution is 6.39. The standard InChI is InChI=1S/C26H18ClN3O9/c1-36-22-10-15(9-19(27)23(22)37-12-14-2-4-16(5-3-14)30(34)35)8-18-24(31)28-26(33)29(25(18)32)17-6-7-20-21(11-17)39-13-38-20/h2-11H,12-13H2,1H3,(H,28,31,33)/b18-8+. The first-order valence-electron chi connectivity index (χ1n) is 11.3. The summed E-state index contributed by atoms with van der Waals surface area (Å²) < 4.78 is 21.8. The van der Waals surface area contributed by atoms with Crippen LogP contribution in [0.15, 0.2) is 60.2 Å². The Bertz CT molecular complexity index is 1550. The van der Waals surface area contributed by atoms with Crippen molar-refractivity contribution in [2.45, 2.75) is 6.61 Å². The third-order valence-corrected chi connectivity index (χ3v) is 6.09. The number of fused-ring (bicyclic) bond motifs is 1. The maximum atomic E-state index is 13.3. The second-order valence-electron chi connectivity index (χ2n) is 8.24. The molecule has 0 atom stereocenters. The summed E-state index contributed by atoms with van der Waals surface area (Å²) in [5.41, 5.74) is 0.809. The molecular formula is C26H18ClN3O9. The topological polar surface area (TPSA) is 147 Å². The number of barbiturate groups is 1. The second kappa shape index (κ2) is 10.3. The number of anilines is 1. The van der Waals surface area contributed by atoms with Crippen LogP contribution in [0, 0.1) is 10.1 Å². The molecule has 3 aromatic rings. The summed E-state index contributed by atoms with van der Waals surface area (Å²) in [7, 11) is 1.39. The number of rotatable bonds is 7. The molecule has 0 saturated carbocycles. The lowest BCUT2D eigenvalue weighted by atomic mass is 10.1. The molecule has 39 heavy (non-hydrogen) atoms. The summed E-state index contributed by atoms with van der Waals surface area (Å²) in [6.45, 7) is 0.0563. The van der Waals surface area contributed by atoms with Crippen molar-refractivity contribution >= 4 is 46.9 Å². The van der Waals surface area contributed by atoms with Crippen molar-refractivity contribution in [3.63, 3.8) is 0 Å². The number of nitro benzene ring substituents is 1. The maximum Gasteiger partial charge on any atom is 0.335 e. The van der Waals surface area contributed by atoms with Crippen LogP contribution >= 0.6 is 11.6 Å². The van der Waals surface area contributed by atoms with Gasteiger partial charge >= 0.3 is 6.03 Å². The molecule has 1 fully saturated rings.